The minimum absolute atomic E-state index is 0.125. The van der Waals surface area contributed by atoms with Gasteiger partial charge in [0.15, 0.2) is 15.8 Å². The first-order valence-electron chi connectivity index (χ1n) is 9.46. The summed E-state index contributed by atoms with van der Waals surface area (Å²) in [7, 11) is -1.46. The van der Waals surface area contributed by atoms with Crippen LogP contribution in [0.4, 0.5) is 0 Å². The monoisotopic (exact) mass is 435 g/mol. The van der Waals surface area contributed by atoms with E-state index in [2.05, 4.69) is 21.7 Å². The zero-order valence-electron chi connectivity index (χ0n) is 16.6. The van der Waals surface area contributed by atoms with E-state index in [1.807, 2.05) is 18.2 Å². The Labute approximate surface area is 177 Å². The van der Waals surface area contributed by atoms with Crippen LogP contribution in [0.5, 0.6) is 5.75 Å². The Balaban J connectivity index is 1.43. The van der Waals surface area contributed by atoms with Gasteiger partial charge in [0.05, 0.1) is 11.4 Å². The van der Waals surface area contributed by atoms with Crippen LogP contribution in [-0.2, 0) is 15.3 Å². The second-order valence-electron chi connectivity index (χ2n) is 7.24. The predicted octanol–water partition coefficient (Wildman–Crippen LogP) is 3.02. The number of guanidine groups is 1. The van der Waals surface area contributed by atoms with Gasteiger partial charge in [-0.3, -0.25) is 4.99 Å². The number of benzene rings is 2. The number of sulfone groups is 1. The van der Waals surface area contributed by atoms with Gasteiger partial charge in [-0.15, -0.1) is 0 Å². The summed E-state index contributed by atoms with van der Waals surface area (Å²) in [6.07, 6.45) is 3.44. The van der Waals surface area contributed by atoms with Gasteiger partial charge in [-0.25, -0.2) is 8.42 Å². The second kappa shape index (κ2) is 9.05. The third-order valence-electron chi connectivity index (χ3n) is 5.02. The highest BCUT2D eigenvalue weighted by atomic mass is 35.5. The molecule has 0 spiro atoms. The van der Waals surface area contributed by atoms with Gasteiger partial charge in [-0.05, 0) is 54.8 Å². The molecule has 2 N–H and O–H groups in total. The molecule has 0 radical (unpaired) electrons. The number of ether oxygens (including phenoxy) is 1. The molecule has 1 aliphatic carbocycles. The number of rotatable bonds is 8. The quantitative estimate of drug-likeness (QED) is 0.378. The highest BCUT2D eigenvalue weighted by Crippen LogP contribution is 2.48. The lowest BCUT2D eigenvalue weighted by Crippen LogP contribution is -2.42. The van der Waals surface area contributed by atoms with Crippen molar-refractivity contribution in [3.8, 4) is 5.75 Å². The van der Waals surface area contributed by atoms with E-state index in [0.29, 0.717) is 24.9 Å². The molecule has 0 heterocycles. The fraction of sp³-hybridized carbons (Fsp3) is 0.381. The molecule has 0 unspecified atom stereocenters. The average molecular weight is 436 g/mol. The van der Waals surface area contributed by atoms with E-state index in [-0.39, 0.29) is 10.3 Å². The normalized spacial score (nSPS) is 15.6. The molecule has 0 aliphatic heterocycles. The van der Waals surface area contributed by atoms with Gasteiger partial charge in [-0.1, -0.05) is 23.7 Å². The van der Waals surface area contributed by atoms with E-state index >= 15 is 0 Å². The van der Waals surface area contributed by atoms with Crippen LogP contribution in [0, 0.1) is 0 Å². The zero-order chi connectivity index (χ0) is 20.9. The number of aliphatic imine (C=N–C) groups is 1. The molecule has 3 rings (SSSR count). The summed E-state index contributed by atoms with van der Waals surface area (Å²) in [5.74, 6) is 1.34. The minimum Gasteiger partial charge on any atom is -0.492 e. The second-order valence-corrected chi connectivity index (χ2v) is 9.69. The first-order chi connectivity index (χ1) is 13.8. The van der Waals surface area contributed by atoms with Crippen LogP contribution in [0.2, 0.25) is 5.02 Å². The van der Waals surface area contributed by atoms with Gasteiger partial charge in [-0.2, -0.15) is 0 Å². The summed E-state index contributed by atoms with van der Waals surface area (Å²) in [5, 5.41) is 7.38. The highest BCUT2D eigenvalue weighted by molar-refractivity contribution is 7.90. The standard InChI is InChI=1S/C21H26ClN3O3S/c1-23-20(25-15-21(10-11-21)16-4-3-5-17(22)14-16)24-12-13-28-18-6-8-19(9-7-18)29(2,26)27/h3-9,14H,10-13,15H2,1-2H3,(H2,23,24,25). The Bertz CT molecular complexity index is 971. The molecule has 1 saturated carbocycles. The van der Waals surface area contributed by atoms with Gasteiger partial charge < -0.3 is 15.4 Å². The molecule has 2 aromatic carbocycles. The van der Waals surface area contributed by atoms with Crippen molar-refractivity contribution >= 4 is 27.4 Å². The van der Waals surface area contributed by atoms with E-state index in [9.17, 15) is 8.42 Å². The third-order valence-corrected chi connectivity index (χ3v) is 6.39. The zero-order valence-corrected chi connectivity index (χ0v) is 18.2. The molecule has 0 amide bonds. The Morgan fingerprint density at radius 1 is 1.17 bits per heavy atom. The molecule has 6 nitrogen and oxygen atoms in total. The van der Waals surface area contributed by atoms with Crippen molar-refractivity contribution in [2.45, 2.75) is 23.2 Å². The maximum Gasteiger partial charge on any atom is 0.191 e. The van der Waals surface area contributed by atoms with Crippen LogP contribution in [0.25, 0.3) is 0 Å². The van der Waals surface area contributed by atoms with Crippen LogP contribution in [0.15, 0.2) is 58.4 Å². The fourth-order valence-electron chi connectivity index (χ4n) is 3.13. The van der Waals surface area contributed by atoms with Crippen molar-refractivity contribution in [1.29, 1.82) is 0 Å². The van der Waals surface area contributed by atoms with Crippen LogP contribution in [0.3, 0.4) is 0 Å². The first kappa shape index (κ1) is 21.5. The van der Waals surface area contributed by atoms with Crippen molar-refractivity contribution in [1.82, 2.24) is 10.6 Å². The van der Waals surface area contributed by atoms with E-state index in [1.165, 1.54) is 11.8 Å². The fourth-order valence-corrected chi connectivity index (χ4v) is 3.95. The Kier molecular flexibility index (Phi) is 6.70. The number of halogens is 1. The van der Waals surface area contributed by atoms with Crippen LogP contribution >= 0.6 is 11.6 Å². The number of hydrogen-bond acceptors (Lipinski definition) is 4. The van der Waals surface area contributed by atoms with Gasteiger partial charge in [0.1, 0.15) is 12.4 Å². The van der Waals surface area contributed by atoms with Crippen molar-refractivity contribution in [2.75, 3.05) is 33.0 Å². The number of nitrogens with one attached hydrogen (secondary N) is 2. The third kappa shape index (κ3) is 5.87. The van der Waals surface area contributed by atoms with Crippen LogP contribution in [0.1, 0.15) is 18.4 Å². The Hall–Kier alpha value is -2.25. The van der Waals surface area contributed by atoms with E-state index in [4.69, 9.17) is 16.3 Å². The molecule has 0 saturated heterocycles. The smallest absolute Gasteiger partial charge is 0.191 e. The van der Waals surface area contributed by atoms with Gasteiger partial charge >= 0.3 is 0 Å². The molecule has 1 aliphatic rings. The summed E-state index contributed by atoms with van der Waals surface area (Å²) in [4.78, 5) is 4.54. The van der Waals surface area contributed by atoms with Crippen molar-refractivity contribution < 1.29 is 13.2 Å². The minimum atomic E-state index is -3.19. The molecule has 0 atom stereocenters. The average Bonchev–Trinajstić information content (AvgIpc) is 3.48. The SMILES string of the molecule is CN=C(NCCOc1ccc(S(C)(=O)=O)cc1)NCC1(c2cccc(Cl)c2)CC1. The van der Waals surface area contributed by atoms with Gasteiger partial charge in [0, 0.05) is 30.3 Å². The topological polar surface area (TPSA) is 79.8 Å². The lowest BCUT2D eigenvalue weighted by atomic mass is 9.96. The maximum atomic E-state index is 11.5. The molecule has 29 heavy (non-hydrogen) atoms. The van der Waals surface area contributed by atoms with E-state index in [1.54, 1.807) is 31.3 Å². The van der Waals surface area contributed by atoms with Gasteiger partial charge in [0.2, 0.25) is 0 Å². The van der Waals surface area contributed by atoms with Gasteiger partial charge in [0.25, 0.3) is 0 Å². The Morgan fingerprint density at radius 3 is 2.48 bits per heavy atom. The largest absolute Gasteiger partial charge is 0.492 e. The molecule has 1 fully saturated rings. The molecular weight excluding hydrogens is 410 g/mol. The molecule has 8 heteroatoms. The Morgan fingerprint density at radius 2 is 1.90 bits per heavy atom. The summed E-state index contributed by atoms with van der Waals surface area (Å²) in [6.45, 7) is 1.79. The summed E-state index contributed by atoms with van der Waals surface area (Å²) in [5.41, 5.74) is 1.38. The number of hydrogen-bond donors (Lipinski definition) is 2. The lowest BCUT2D eigenvalue weighted by Gasteiger charge is -2.19. The molecule has 2 aromatic rings. The van der Waals surface area contributed by atoms with E-state index in [0.717, 1.165) is 24.4 Å². The van der Waals surface area contributed by atoms with Crippen molar-refractivity contribution in [2.24, 2.45) is 4.99 Å². The van der Waals surface area contributed by atoms with Crippen LogP contribution < -0.4 is 15.4 Å². The summed E-state index contributed by atoms with van der Waals surface area (Å²) in [6, 6.07) is 14.5. The molecule has 0 aromatic heterocycles. The van der Waals surface area contributed by atoms with Crippen molar-refractivity contribution in [3.05, 3.63) is 59.1 Å². The lowest BCUT2D eigenvalue weighted by molar-refractivity contribution is 0.321. The van der Waals surface area contributed by atoms with Crippen molar-refractivity contribution in [3.63, 3.8) is 0 Å². The molecule has 156 valence electrons. The predicted molar refractivity (Wildman–Crippen MR) is 117 cm³/mol. The first-order valence-corrected chi connectivity index (χ1v) is 11.7. The number of nitrogens with zero attached hydrogens (tertiary/aromatic N) is 1. The molecule has 0 bridgehead atoms. The molecular formula is C21H26ClN3O3S. The summed E-state index contributed by atoms with van der Waals surface area (Å²) >= 11 is 6.13. The summed E-state index contributed by atoms with van der Waals surface area (Å²) < 4.78 is 28.6. The highest BCUT2D eigenvalue weighted by Gasteiger charge is 2.44. The van der Waals surface area contributed by atoms with Crippen LogP contribution in [-0.4, -0.2) is 47.4 Å². The maximum absolute atomic E-state index is 11.5. The van der Waals surface area contributed by atoms with E-state index < -0.39 is 9.84 Å².